The average Bonchev–Trinajstić information content (AvgIpc) is 2.67. The summed E-state index contributed by atoms with van der Waals surface area (Å²) >= 11 is 0. The molecule has 6 nitrogen and oxygen atoms in total. The van der Waals surface area contributed by atoms with E-state index < -0.39 is 24.5 Å². The van der Waals surface area contributed by atoms with E-state index in [9.17, 15) is 13.6 Å². The Kier molecular flexibility index (Phi) is 6.06. The summed E-state index contributed by atoms with van der Waals surface area (Å²) in [6, 6.07) is 7.52. The minimum atomic E-state index is -3.01. The average molecular weight is 390 g/mol. The number of anilines is 1. The molecule has 1 aliphatic rings. The maximum atomic E-state index is 14.5. The van der Waals surface area contributed by atoms with Gasteiger partial charge >= 0.3 is 6.09 Å². The van der Waals surface area contributed by atoms with E-state index in [1.165, 1.54) is 6.20 Å². The van der Waals surface area contributed by atoms with Crippen molar-refractivity contribution in [3.63, 3.8) is 0 Å². The first kappa shape index (κ1) is 20.0. The van der Waals surface area contributed by atoms with Crippen LogP contribution in [0.2, 0.25) is 0 Å². The van der Waals surface area contributed by atoms with E-state index in [2.05, 4.69) is 15.3 Å². The molecule has 150 valence electrons. The van der Waals surface area contributed by atoms with Crippen LogP contribution in [0.1, 0.15) is 23.2 Å². The Morgan fingerprint density at radius 1 is 1.25 bits per heavy atom. The molecule has 1 unspecified atom stereocenters. The van der Waals surface area contributed by atoms with Gasteiger partial charge in [0.05, 0.1) is 24.6 Å². The fraction of sp³-hybridized carbons (Fsp3) is 0.450. The van der Waals surface area contributed by atoms with Crippen LogP contribution in [0.5, 0.6) is 0 Å². The van der Waals surface area contributed by atoms with E-state index in [0.29, 0.717) is 5.82 Å². The number of rotatable bonds is 5. The number of benzene rings is 1. The van der Waals surface area contributed by atoms with E-state index in [1.54, 1.807) is 13.1 Å². The van der Waals surface area contributed by atoms with Crippen molar-refractivity contribution in [2.45, 2.75) is 32.8 Å². The number of aryl methyl sites for hydroxylation is 2. The Balaban J connectivity index is 1.49. The molecule has 0 spiro atoms. The number of alkyl halides is 2. The molecule has 0 aliphatic carbocycles. The highest BCUT2D eigenvalue weighted by molar-refractivity contribution is 5.68. The Bertz CT molecular complexity index is 797. The zero-order valence-electron chi connectivity index (χ0n) is 16.0. The molecule has 2 aromatic rings. The van der Waals surface area contributed by atoms with Crippen molar-refractivity contribution in [2.24, 2.45) is 5.92 Å². The van der Waals surface area contributed by atoms with Gasteiger partial charge in [0.15, 0.2) is 0 Å². The van der Waals surface area contributed by atoms with E-state index in [-0.39, 0.29) is 26.1 Å². The van der Waals surface area contributed by atoms with Crippen molar-refractivity contribution in [2.75, 3.05) is 25.0 Å². The first-order chi connectivity index (χ1) is 13.3. The number of carbonyl (C=O) groups is 1. The van der Waals surface area contributed by atoms with Gasteiger partial charge in [0.1, 0.15) is 12.4 Å². The Labute approximate surface area is 162 Å². The monoisotopic (exact) mass is 390 g/mol. The molecule has 1 amide bonds. The zero-order valence-corrected chi connectivity index (χ0v) is 16.0. The second-order valence-electron chi connectivity index (χ2n) is 7.13. The second-order valence-corrected chi connectivity index (χ2v) is 7.13. The maximum absolute atomic E-state index is 14.5. The van der Waals surface area contributed by atoms with E-state index in [4.69, 9.17) is 4.74 Å². The molecule has 0 saturated carbocycles. The topological polar surface area (TPSA) is 67.3 Å². The number of carbonyl (C=O) groups excluding carboxylic acids is 1. The second kappa shape index (κ2) is 8.50. The Hall–Kier alpha value is -2.77. The fourth-order valence-corrected chi connectivity index (χ4v) is 3.02. The third-order valence-corrected chi connectivity index (χ3v) is 4.80. The smallest absolute Gasteiger partial charge is 0.410 e. The van der Waals surface area contributed by atoms with Crippen LogP contribution in [0.15, 0.2) is 36.7 Å². The van der Waals surface area contributed by atoms with Gasteiger partial charge in [-0.25, -0.2) is 18.6 Å². The third-order valence-electron chi connectivity index (χ3n) is 4.80. The van der Waals surface area contributed by atoms with Gasteiger partial charge in [0.25, 0.3) is 5.92 Å². The number of likely N-dealkylation sites (tertiary alicyclic amines) is 1. The summed E-state index contributed by atoms with van der Waals surface area (Å²) in [5.41, 5.74) is 2.68. The van der Waals surface area contributed by atoms with Gasteiger partial charge in [-0.2, -0.15) is 0 Å². The molecule has 3 rings (SSSR count). The molecule has 1 atom stereocenters. The van der Waals surface area contributed by atoms with Crippen LogP contribution in [0.4, 0.5) is 19.4 Å². The molecule has 0 bridgehead atoms. The van der Waals surface area contributed by atoms with Crippen LogP contribution in [0, 0.1) is 19.8 Å². The number of hydrogen-bond acceptors (Lipinski definition) is 5. The summed E-state index contributed by atoms with van der Waals surface area (Å²) < 4.78 is 34.3. The number of ether oxygens (including phenoxy) is 1. The molecule has 1 N–H and O–H groups in total. The predicted molar refractivity (Wildman–Crippen MR) is 101 cm³/mol. The number of aromatic nitrogens is 2. The summed E-state index contributed by atoms with van der Waals surface area (Å²) in [4.78, 5) is 21.5. The Morgan fingerprint density at radius 3 is 2.64 bits per heavy atom. The van der Waals surface area contributed by atoms with Gasteiger partial charge in [-0.3, -0.25) is 4.98 Å². The minimum absolute atomic E-state index is 0.0665. The number of nitrogens with one attached hydrogen (secondary N) is 1. The van der Waals surface area contributed by atoms with Crippen LogP contribution in [0.3, 0.4) is 0 Å². The number of piperidine rings is 1. The summed E-state index contributed by atoms with van der Waals surface area (Å²) in [6.07, 6.45) is 2.56. The van der Waals surface area contributed by atoms with Crippen LogP contribution < -0.4 is 5.32 Å². The molecule has 0 radical (unpaired) electrons. The molecule has 2 heterocycles. The molecule has 28 heavy (non-hydrogen) atoms. The molecule has 1 fully saturated rings. The highest BCUT2D eigenvalue weighted by atomic mass is 19.3. The van der Waals surface area contributed by atoms with Crippen molar-refractivity contribution >= 4 is 11.9 Å². The first-order valence-corrected chi connectivity index (χ1v) is 9.21. The first-order valence-electron chi connectivity index (χ1n) is 9.21. The number of amides is 1. The molecule has 1 saturated heterocycles. The van der Waals surface area contributed by atoms with E-state index in [0.717, 1.165) is 21.7 Å². The Morgan fingerprint density at radius 2 is 2.00 bits per heavy atom. The van der Waals surface area contributed by atoms with Crippen molar-refractivity contribution in [3.05, 3.63) is 53.5 Å². The highest BCUT2D eigenvalue weighted by Crippen LogP contribution is 2.33. The highest BCUT2D eigenvalue weighted by Gasteiger charge is 2.46. The van der Waals surface area contributed by atoms with E-state index in [1.807, 2.05) is 31.2 Å². The van der Waals surface area contributed by atoms with Gasteiger partial charge in [-0.1, -0.05) is 29.8 Å². The fourth-order valence-electron chi connectivity index (χ4n) is 3.02. The summed E-state index contributed by atoms with van der Waals surface area (Å²) in [6.45, 7) is 3.48. The maximum Gasteiger partial charge on any atom is 0.410 e. The summed E-state index contributed by atoms with van der Waals surface area (Å²) in [5, 5.41) is 2.90. The van der Waals surface area contributed by atoms with Gasteiger partial charge in [-0.05, 0) is 25.8 Å². The molecular weight excluding hydrogens is 366 g/mol. The van der Waals surface area contributed by atoms with Crippen LogP contribution in [-0.2, 0) is 11.3 Å². The third kappa shape index (κ3) is 5.15. The van der Waals surface area contributed by atoms with Crippen molar-refractivity contribution in [1.82, 2.24) is 14.9 Å². The molecule has 1 aliphatic heterocycles. The molecular formula is C20H24F2N4O2. The van der Waals surface area contributed by atoms with E-state index >= 15 is 0 Å². The van der Waals surface area contributed by atoms with Gasteiger partial charge in [0.2, 0.25) is 0 Å². The van der Waals surface area contributed by atoms with Gasteiger partial charge in [0, 0.05) is 19.0 Å². The lowest BCUT2D eigenvalue weighted by molar-refractivity contribution is -0.101. The van der Waals surface area contributed by atoms with Gasteiger partial charge < -0.3 is 15.0 Å². The SMILES string of the molecule is Cc1ccc(COC(=O)N2CCC(CNc3cnc(C)cn3)C(F)(F)C2)cc1. The summed E-state index contributed by atoms with van der Waals surface area (Å²) in [5.74, 6) is -3.44. The number of hydrogen-bond donors (Lipinski definition) is 1. The van der Waals surface area contributed by atoms with Gasteiger partial charge in [-0.15, -0.1) is 0 Å². The molecule has 1 aromatic carbocycles. The lowest BCUT2D eigenvalue weighted by atomic mass is 9.93. The van der Waals surface area contributed by atoms with Crippen LogP contribution in [0.25, 0.3) is 0 Å². The lowest BCUT2D eigenvalue weighted by Gasteiger charge is -2.37. The number of nitrogens with zero attached hydrogens (tertiary/aromatic N) is 3. The van der Waals surface area contributed by atoms with Crippen LogP contribution in [-0.4, -0.2) is 46.5 Å². The molecule has 8 heteroatoms. The molecule has 1 aromatic heterocycles. The normalized spacial score (nSPS) is 18.6. The summed E-state index contributed by atoms with van der Waals surface area (Å²) in [7, 11) is 0. The quantitative estimate of drug-likeness (QED) is 0.841. The van der Waals surface area contributed by atoms with Crippen molar-refractivity contribution in [3.8, 4) is 0 Å². The largest absolute Gasteiger partial charge is 0.445 e. The predicted octanol–water partition coefficient (Wildman–Crippen LogP) is 3.80. The van der Waals surface area contributed by atoms with Crippen LogP contribution >= 0.6 is 0 Å². The number of halogens is 2. The van der Waals surface area contributed by atoms with Crippen molar-refractivity contribution < 1.29 is 18.3 Å². The lowest BCUT2D eigenvalue weighted by Crippen LogP contribution is -2.52. The standard InChI is InChI=1S/C20H24F2N4O2/c1-14-3-5-16(6-4-14)12-28-19(27)26-8-7-17(20(21,22)13-26)10-25-18-11-23-15(2)9-24-18/h3-6,9,11,17H,7-8,10,12-13H2,1-2H3,(H,24,25). The minimum Gasteiger partial charge on any atom is -0.445 e. The zero-order chi connectivity index (χ0) is 20.1. The van der Waals surface area contributed by atoms with Crippen molar-refractivity contribution in [1.29, 1.82) is 0 Å².